The van der Waals surface area contributed by atoms with Gasteiger partial charge in [-0.3, -0.25) is 9.63 Å². The van der Waals surface area contributed by atoms with Crippen LogP contribution in [0, 0.1) is 0 Å². The molecule has 0 atom stereocenters. The van der Waals surface area contributed by atoms with Crippen molar-refractivity contribution in [2.45, 2.75) is 11.4 Å². The Labute approximate surface area is 146 Å². The standard InChI is InChI=1S/C16H17ClN2O4S/c1-19(23-2)24(21,22)14-8-5-7-12(10-14)16(20)18-11-13-6-3-4-9-15(13)17/h3-10H,11H2,1-2H3,(H,18,20). The topological polar surface area (TPSA) is 75.7 Å². The molecule has 1 amide bonds. The minimum Gasteiger partial charge on any atom is -0.348 e. The molecule has 0 saturated carbocycles. The van der Waals surface area contributed by atoms with E-state index in [1.807, 2.05) is 6.07 Å². The summed E-state index contributed by atoms with van der Waals surface area (Å²) in [4.78, 5) is 16.9. The fraction of sp³-hybridized carbons (Fsp3) is 0.188. The molecule has 128 valence electrons. The Kier molecular flexibility index (Phi) is 5.95. The second-order valence-corrected chi connectivity index (χ2v) is 7.24. The lowest BCUT2D eigenvalue weighted by Crippen LogP contribution is -2.27. The van der Waals surface area contributed by atoms with Crippen LogP contribution in [0.2, 0.25) is 5.02 Å². The molecule has 2 aromatic carbocycles. The van der Waals surface area contributed by atoms with E-state index in [9.17, 15) is 13.2 Å². The van der Waals surface area contributed by atoms with E-state index in [0.29, 0.717) is 5.02 Å². The van der Waals surface area contributed by atoms with Crippen molar-refractivity contribution in [3.05, 3.63) is 64.7 Å². The molecule has 0 aliphatic heterocycles. The van der Waals surface area contributed by atoms with Crippen molar-refractivity contribution in [2.75, 3.05) is 14.2 Å². The van der Waals surface area contributed by atoms with E-state index in [0.717, 1.165) is 10.0 Å². The summed E-state index contributed by atoms with van der Waals surface area (Å²) in [6.45, 7) is 0.244. The summed E-state index contributed by atoms with van der Waals surface area (Å²) in [5.41, 5.74) is 1.00. The van der Waals surface area contributed by atoms with Crippen molar-refractivity contribution in [3.63, 3.8) is 0 Å². The molecule has 0 unspecified atom stereocenters. The van der Waals surface area contributed by atoms with Gasteiger partial charge in [0.15, 0.2) is 0 Å². The Morgan fingerprint density at radius 3 is 2.58 bits per heavy atom. The molecular formula is C16H17ClN2O4S. The summed E-state index contributed by atoms with van der Waals surface area (Å²) < 4.78 is 25.2. The van der Waals surface area contributed by atoms with Crippen LogP contribution in [-0.2, 0) is 21.4 Å². The SMILES string of the molecule is CON(C)S(=O)(=O)c1cccc(C(=O)NCc2ccccc2Cl)c1. The number of carbonyl (C=O) groups is 1. The molecule has 1 N–H and O–H groups in total. The molecular weight excluding hydrogens is 352 g/mol. The van der Waals surface area contributed by atoms with Gasteiger partial charge in [-0.05, 0) is 29.8 Å². The van der Waals surface area contributed by atoms with Crippen LogP contribution in [-0.4, -0.2) is 33.0 Å². The van der Waals surface area contributed by atoms with Crippen molar-refractivity contribution in [1.29, 1.82) is 0 Å². The maximum Gasteiger partial charge on any atom is 0.264 e. The molecule has 0 spiro atoms. The van der Waals surface area contributed by atoms with Gasteiger partial charge in [-0.2, -0.15) is 0 Å². The normalized spacial score (nSPS) is 11.5. The van der Waals surface area contributed by atoms with Crippen molar-refractivity contribution in [1.82, 2.24) is 9.79 Å². The molecule has 8 heteroatoms. The van der Waals surface area contributed by atoms with Crippen molar-refractivity contribution < 1.29 is 18.0 Å². The zero-order chi connectivity index (χ0) is 17.7. The number of sulfonamides is 1. The van der Waals surface area contributed by atoms with Crippen LogP contribution in [0.4, 0.5) is 0 Å². The second kappa shape index (κ2) is 7.76. The first kappa shape index (κ1) is 18.4. The van der Waals surface area contributed by atoms with Crippen LogP contribution in [0.25, 0.3) is 0 Å². The number of hydrogen-bond donors (Lipinski definition) is 1. The largest absolute Gasteiger partial charge is 0.348 e. The van der Waals surface area contributed by atoms with E-state index in [1.54, 1.807) is 18.2 Å². The van der Waals surface area contributed by atoms with Gasteiger partial charge in [-0.1, -0.05) is 40.3 Å². The van der Waals surface area contributed by atoms with Gasteiger partial charge in [0.2, 0.25) is 0 Å². The first-order chi connectivity index (χ1) is 11.4. The minimum absolute atomic E-state index is 0.0303. The minimum atomic E-state index is -3.81. The number of carbonyl (C=O) groups excluding carboxylic acids is 1. The molecule has 2 aromatic rings. The lowest BCUT2D eigenvalue weighted by molar-refractivity contribution is -0.0258. The molecule has 0 heterocycles. The number of halogens is 1. The van der Waals surface area contributed by atoms with E-state index in [-0.39, 0.29) is 17.0 Å². The summed E-state index contributed by atoms with van der Waals surface area (Å²) in [6.07, 6.45) is 0. The smallest absolute Gasteiger partial charge is 0.264 e. The number of benzene rings is 2. The highest BCUT2D eigenvalue weighted by atomic mass is 35.5. The average Bonchev–Trinajstić information content (AvgIpc) is 2.60. The quantitative estimate of drug-likeness (QED) is 0.795. The van der Waals surface area contributed by atoms with E-state index in [4.69, 9.17) is 16.4 Å². The van der Waals surface area contributed by atoms with Gasteiger partial charge in [0.05, 0.1) is 12.0 Å². The van der Waals surface area contributed by atoms with Gasteiger partial charge in [0.1, 0.15) is 0 Å². The summed E-state index contributed by atoms with van der Waals surface area (Å²) in [5.74, 6) is -0.396. The molecule has 0 radical (unpaired) electrons. The third-order valence-corrected chi connectivity index (χ3v) is 5.43. The number of nitrogens with zero attached hydrogens (tertiary/aromatic N) is 1. The molecule has 0 bridgehead atoms. The first-order valence-electron chi connectivity index (χ1n) is 7.01. The van der Waals surface area contributed by atoms with Crippen molar-refractivity contribution in [3.8, 4) is 0 Å². The van der Waals surface area contributed by atoms with E-state index < -0.39 is 15.9 Å². The molecule has 0 aliphatic rings. The van der Waals surface area contributed by atoms with Gasteiger partial charge in [0.25, 0.3) is 15.9 Å². The Bertz CT molecular complexity index is 839. The maximum absolute atomic E-state index is 12.3. The Morgan fingerprint density at radius 1 is 1.21 bits per heavy atom. The van der Waals surface area contributed by atoms with Gasteiger partial charge >= 0.3 is 0 Å². The molecule has 0 fully saturated rings. The van der Waals surface area contributed by atoms with Crippen LogP contribution in [0.3, 0.4) is 0 Å². The van der Waals surface area contributed by atoms with Crippen molar-refractivity contribution in [2.24, 2.45) is 0 Å². The average molecular weight is 369 g/mol. The fourth-order valence-electron chi connectivity index (χ4n) is 1.96. The number of nitrogens with one attached hydrogen (secondary N) is 1. The summed E-state index contributed by atoms with van der Waals surface area (Å²) in [7, 11) is -1.28. The summed E-state index contributed by atoms with van der Waals surface area (Å²) in [6, 6.07) is 12.9. The third kappa shape index (κ3) is 4.12. The zero-order valence-corrected chi connectivity index (χ0v) is 14.8. The van der Waals surface area contributed by atoms with Crippen LogP contribution in [0.1, 0.15) is 15.9 Å². The lowest BCUT2D eigenvalue weighted by atomic mass is 10.2. The number of amides is 1. The molecule has 24 heavy (non-hydrogen) atoms. The monoisotopic (exact) mass is 368 g/mol. The van der Waals surface area contributed by atoms with E-state index >= 15 is 0 Å². The predicted molar refractivity (Wildman–Crippen MR) is 91.0 cm³/mol. The Morgan fingerprint density at radius 2 is 1.92 bits per heavy atom. The number of hydrogen-bond acceptors (Lipinski definition) is 4. The summed E-state index contributed by atoms with van der Waals surface area (Å²) in [5, 5.41) is 3.27. The van der Waals surface area contributed by atoms with E-state index in [2.05, 4.69) is 5.32 Å². The summed E-state index contributed by atoms with van der Waals surface area (Å²) >= 11 is 6.04. The molecule has 6 nitrogen and oxygen atoms in total. The van der Waals surface area contributed by atoms with Crippen LogP contribution in [0.5, 0.6) is 0 Å². The predicted octanol–water partition coefficient (Wildman–Crippen LogP) is 2.45. The van der Waals surface area contributed by atoms with E-state index in [1.165, 1.54) is 38.4 Å². The van der Waals surface area contributed by atoms with Gasteiger partial charge in [-0.15, -0.1) is 0 Å². The van der Waals surface area contributed by atoms with Gasteiger partial charge in [0, 0.05) is 24.2 Å². The molecule has 0 saturated heterocycles. The zero-order valence-electron chi connectivity index (χ0n) is 13.2. The highest BCUT2D eigenvalue weighted by Gasteiger charge is 2.21. The Hall–Kier alpha value is -1.93. The van der Waals surface area contributed by atoms with Gasteiger partial charge < -0.3 is 5.32 Å². The third-order valence-electron chi connectivity index (χ3n) is 3.39. The molecule has 0 aliphatic carbocycles. The number of hydroxylamine groups is 1. The highest BCUT2D eigenvalue weighted by molar-refractivity contribution is 7.89. The van der Waals surface area contributed by atoms with Crippen LogP contribution in [0.15, 0.2) is 53.4 Å². The number of rotatable bonds is 6. The van der Waals surface area contributed by atoms with Crippen LogP contribution >= 0.6 is 11.6 Å². The second-order valence-electron chi connectivity index (χ2n) is 4.90. The Balaban J connectivity index is 2.17. The molecule has 2 rings (SSSR count). The lowest BCUT2D eigenvalue weighted by Gasteiger charge is -2.14. The fourth-order valence-corrected chi connectivity index (χ4v) is 3.19. The highest BCUT2D eigenvalue weighted by Crippen LogP contribution is 2.17. The van der Waals surface area contributed by atoms with Gasteiger partial charge in [-0.25, -0.2) is 8.42 Å². The van der Waals surface area contributed by atoms with Crippen molar-refractivity contribution >= 4 is 27.5 Å². The van der Waals surface area contributed by atoms with Crippen LogP contribution < -0.4 is 5.32 Å². The molecule has 0 aromatic heterocycles. The first-order valence-corrected chi connectivity index (χ1v) is 8.83. The maximum atomic E-state index is 12.3.